The zero-order valence-corrected chi connectivity index (χ0v) is 11.6. The number of fused-ring (bicyclic) bond motifs is 1. The molecule has 0 saturated heterocycles. The Kier molecular flexibility index (Phi) is 4.66. The molecule has 0 fully saturated rings. The highest BCUT2D eigenvalue weighted by atomic mass is 32.2. The van der Waals surface area contributed by atoms with Gasteiger partial charge in [0.25, 0.3) is 0 Å². The van der Waals surface area contributed by atoms with Gasteiger partial charge in [-0.1, -0.05) is 12.1 Å². The lowest BCUT2D eigenvalue weighted by atomic mass is 10.0. The number of likely N-dealkylation sites (N-methyl/N-ethyl adjacent to an activating group) is 1. The van der Waals surface area contributed by atoms with Gasteiger partial charge in [-0.25, -0.2) is 0 Å². The van der Waals surface area contributed by atoms with Crippen LogP contribution in [0, 0.1) is 0 Å². The van der Waals surface area contributed by atoms with Crippen LogP contribution in [0.15, 0.2) is 23.1 Å². The number of carbonyl (C=O) groups excluding carboxylic acids is 1. The first kappa shape index (κ1) is 13.4. The van der Waals surface area contributed by atoms with Crippen LogP contribution in [0.2, 0.25) is 0 Å². The molecule has 4 heteroatoms. The number of carbonyl (C=O) groups is 1. The molecule has 0 radical (unpaired) electrons. The van der Waals surface area contributed by atoms with Gasteiger partial charge in [0.05, 0.1) is 6.54 Å². The van der Waals surface area contributed by atoms with E-state index in [-0.39, 0.29) is 5.91 Å². The zero-order chi connectivity index (χ0) is 13.0. The molecule has 1 amide bonds. The van der Waals surface area contributed by atoms with Crippen LogP contribution < -0.4 is 5.73 Å². The normalized spacial score (nSPS) is 14.6. The third-order valence-electron chi connectivity index (χ3n) is 3.18. The van der Waals surface area contributed by atoms with E-state index >= 15 is 0 Å². The van der Waals surface area contributed by atoms with E-state index in [0.29, 0.717) is 6.54 Å². The predicted octanol–water partition coefficient (Wildman–Crippen LogP) is 1.68. The summed E-state index contributed by atoms with van der Waals surface area (Å²) >= 11 is 1.96. The van der Waals surface area contributed by atoms with Gasteiger partial charge in [-0.2, -0.15) is 0 Å². The summed E-state index contributed by atoms with van der Waals surface area (Å²) in [4.78, 5) is 14.2. The molecule has 1 aromatic rings. The lowest BCUT2D eigenvalue weighted by Gasteiger charge is -2.18. The number of aryl methyl sites for hydroxylation is 1. The van der Waals surface area contributed by atoms with Crippen molar-refractivity contribution in [1.29, 1.82) is 0 Å². The standard InChI is InChI=1S/C14H20N2OS/c1-16(10-14(15)17)7-6-11-4-5-13-12(9-11)3-2-8-18-13/h4-5,9H,2-3,6-8,10H2,1H3,(H2,15,17). The summed E-state index contributed by atoms with van der Waals surface area (Å²) in [6.07, 6.45) is 3.46. The van der Waals surface area contributed by atoms with Gasteiger partial charge in [0.15, 0.2) is 0 Å². The topological polar surface area (TPSA) is 46.3 Å². The highest BCUT2D eigenvalue weighted by molar-refractivity contribution is 7.99. The van der Waals surface area contributed by atoms with Crippen LogP contribution >= 0.6 is 11.8 Å². The predicted molar refractivity (Wildman–Crippen MR) is 75.9 cm³/mol. The van der Waals surface area contributed by atoms with Crippen molar-refractivity contribution >= 4 is 17.7 Å². The molecule has 0 aromatic heterocycles. The van der Waals surface area contributed by atoms with E-state index in [1.54, 1.807) is 0 Å². The maximum Gasteiger partial charge on any atom is 0.231 e. The number of benzene rings is 1. The summed E-state index contributed by atoms with van der Waals surface area (Å²) in [5.74, 6) is 0.979. The molecule has 1 aliphatic heterocycles. The molecule has 0 spiro atoms. The SMILES string of the molecule is CN(CCc1ccc2c(c1)CCCS2)CC(N)=O. The highest BCUT2D eigenvalue weighted by Gasteiger charge is 2.10. The molecule has 0 atom stereocenters. The molecule has 98 valence electrons. The van der Waals surface area contributed by atoms with Gasteiger partial charge in [0.1, 0.15) is 0 Å². The summed E-state index contributed by atoms with van der Waals surface area (Å²) in [6, 6.07) is 6.76. The van der Waals surface area contributed by atoms with Gasteiger partial charge in [-0.3, -0.25) is 9.69 Å². The van der Waals surface area contributed by atoms with Crippen molar-refractivity contribution in [3.63, 3.8) is 0 Å². The lowest BCUT2D eigenvalue weighted by molar-refractivity contribution is -0.118. The van der Waals surface area contributed by atoms with Crippen LogP contribution in [0.4, 0.5) is 0 Å². The van der Waals surface area contributed by atoms with Crippen LogP contribution in [-0.2, 0) is 17.6 Å². The van der Waals surface area contributed by atoms with Crippen LogP contribution in [0.5, 0.6) is 0 Å². The average molecular weight is 264 g/mol. The van der Waals surface area contributed by atoms with Crippen LogP contribution in [-0.4, -0.2) is 36.7 Å². The number of hydrogen-bond donors (Lipinski definition) is 1. The fraction of sp³-hybridized carbons (Fsp3) is 0.500. The van der Waals surface area contributed by atoms with E-state index in [4.69, 9.17) is 5.73 Å². The maximum absolute atomic E-state index is 10.8. The molecular formula is C14H20N2OS. The number of hydrogen-bond acceptors (Lipinski definition) is 3. The van der Waals surface area contributed by atoms with Crippen molar-refractivity contribution in [2.45, 2.75) is 24.2 Å². The zero-order valence-electron chi connectivity index (χ0n) is 10.8. The Labute approximate surface area is 113 Å². The molecule has 0 bridgehead atoms. The summed E-state index contributed by atoms with van der Waals surface area (Å²) in [6.45, 7) is 1.20. The molecule has 2 N–H and O–H groups in total. The molecule has 1 heterocycles. The van der Waals surface area contributed by atoms with Crippen LogP contribution in [0.1, 0.15) is 17.5 Å². The Morgan fingerprint density at radius 3 is 3.11 bits per heavy atom. The lowest BCUT2D eigenvalue weighted by Crippen LogP contribution is -2.32. The largest absolute Gasteiger partial charge is 0.369 e. The van der Waals surface area contributed by atoms with Gasteiger partial charge in [-0.15, -0.1) is 11.8 Å². The van der Waals surface area contributed by atoms with Gasteiger partial charge in [0, 0.05) is 11.4 Å². The minimum Gasteiger partial charge on any atom is -0.369 e. The van der Waals surface area contributed by atoms with Gasteiger partial charge in [-0.05, 0) is 49.3 Å². The summed E-state index contributed by atoms with van der Waals surface area (Å²) in [7, 11) is 1.93. The number of rotatable bonds is 5. The second kappa shape index (κ2) is 6.25. The van der Waals surface area contributed by atoms with Crippen molar-refractivity contribution in [3.05, 3.63) is 29.3 Å². The minimum atomic E-state index is -0.264. The molecule has 18 heavy (non-hydrogen) atoms. The Morgan fingerprint density at radius 1 is 1.50 bits per heavy atom. The summed E-state index contributed by atoms with van der Waals surface area (Å²) in [5.41, 5.74) is 8.01. The average Bonchev–Trinajstić information content (AvgIpc) is 2.35. The molecule has 0 unspecified atom stereocenters. The van der Waals surface area contributed by atoms with Gasteiger partial charge in [0.2, 0.25) is 5.91 Å². The van der Waals surface area contributed by atoms with E-state index < -0.39 is 0 Å². The molecule has 3 nitrogen and oxygen atoms in total. The third kappa shape index (κ3) is 3.75. The van der Waals surface area contributed by atoms with Crippen molar-refractivity contribution in [3.8, 4) is 0 Å². The van der Waals surface area contributed by atoms with E-state index in [1.165, 1.54) is 34.6 Å². The Hall–Kier alpha value is -1.00. The molecule has 1 aliphatic rings. The smallest absolute Gasteiger partial charge is 0.231 e. The number of amides is 1. The Bertz CT molecular complexity index is 434. The minimum absolute atomic E-state index is 0.264. The molecule has 0 saturated carbocycles. The van der Waals surface area contributed by atoms with Crippen molar-refractivity contribution in [2.75, 3.05) is 25.9 Å². The third-order valence-corrected chi connectivity index (χ3v) is 4.38. The second-order valence-corrected chi connectivity index (χ2v) is 5.98. The fourth-order valence-electron chi connectivity index (χ4n) is 2.23. The second-order valence-electron chi connectivity index (χ2n) is 4.85. The molecular weight excluding hydrogens is 244 g/mol. The molecule has 0 aliphatic carbocycles. The highest BCUT2D eigenvalue weighted by Crippen LogP contribution is 2.30. The van der Waals surface area contributed by atoms with Crippen molar-refractivity contribution < 1.29 is 4.79 Å². The van der Waals surface area contributed by atoms with E-state index in [2.05, 4.69) is 18.2 Å². The monoisotopic (exact) mass is 264 g/mol. The van der Waals surface area contributed by atoms with E-state index in [0.717, 1.165) is 13.0 Å². The fourth-order valence-corrected chi connectivity index (χ4v) is 3.25. The number of primary amides is 1. The first-order valence-corrected chi connectivity index (χ1v) is 7.35. The van der Waals surface area contributed by atoms with Crippen molar-refractivity contribution in [2.24, 2.45) is 5.73 Å². The van der Waals surface area contributed by atoms with Gasteiger partial charge < -0.3 is 5.73 Å². The van der Waals surface area contributed by atoms with E-state index in [9.17, 15) is 4.79 Å². The number of nitrogens with two attached hydrogens (primary N) is 1. The molecule has 1 aromatic carbocycles. The van der Waals surface area contributed by atoms with Crippen molar-refractivity contribution in [1.82, 2.24) is 4.90 Å². The summed E-state index contributed by atoms with van der Waals surface area (Å²) in [5, 5.41) is 0. The maximum atomic E-state index is 10.8. The van der Waals surface area contributed by atoms with E-state index in [1.807, 2.05) is 23.7 Å². The number of nitrogens with zero attached hydrogens (tertiary/aromatic N) is 1. The Balaban J connectivity index is 1.91. The molecule has 2 rings (SSSR count). The van der Waals surface area contributed by atoms with Crippen LogP contribution in [0.3, 0.4) is 0 Å². The first-order chi connectivity index (χ1) is 8.65. The first-order valence-electron chi connectivity index (χ1n) is 6.36. The number of thioether (sulfide) groups is 1. The quantitative estimate of drug-likeness (QED) is 0.880. The van der Waals surface area contributed by atoms with Gasteiger partial charge >= 0.3 is 0 Å². The summed E-state index contributed by atoms with van der Waals surface area (Å²) < 4.78 is 0. The van der Waals surface area contributed by atoms with Crippen LogP contribution in [0.25, 0.3) is 0 Å². The Morgan fingerprint density at radius 2 is 2.33 bits per heavy atom.